The number of carbonyl (C=O) groups excluding carboxylic acids is 3. The maximum absolute atomic E-state index is 13.2. The molecule has 1 spiro atoms. The van der Waals surface area contributed by atoms with E-state index in [4.69, 9.17) is 0 Å². The number of nitrogens with one attached hydrogen (secondary N) is 1. The summed E-state index contributed by atoms with van der Waals surface area (Å²) in [6.07, 6.45) is 4.23. The van der Waals surface area contributed by atoms with Gasteiger partial charge in [0.15, 0.2) is 0 Å². The number of amides is 4. The van der Waals surface area contributed by atoms with Crippen LogP contribution in [-0.4, -0.2) is 42.9 Å². The summed E-state index contributed by atoms with van der Waals surface area (Å²) in [5.41, 5.74) is 1.87. The van der Waals surface area contributed by atoms with Gasteiger partial charge < -0.3 is 4.90 Å². The minimum Gasteiger partial charge on any atom is -0.373 e. The number of anilines is 1. The van der Waals surface area contributed by atoms with Gasteiger partial charge in [0, 0.05) is 25.8 Å². The Balaban J connectivity index is 1.89. The second-order valence-corrected chi connectivity index (χ2v) is 7.52. The molecule has 6 nitrogen and oxygen atoms in total. The van der Waals surface area contributed by atoms with Crippen molar-refractivity contribution in [2.45, 2.75) is 46.0 Å². The van der Waals surface area contributed by atoms with E-state index in [0.29, 0.717) is 13.0 Å². The highest BCUT2D eigenvalue weighted by Crippen LogP contribution is 2.39. The van der Waals surface area contributed by atoms with Crippen molar-refractivity contribution in [1.29, 1.82) is 0 Å². The van der Waals surface area contributed by atoms with Crippen molar-refractivity contribution >= 4 is 23.5 Å². The number of carbonyl (C=O) groups is 3. The number of barbiturate groups is 1. The first-order chi connectivity index (χ1) is 12.4. The molecule has 0 aliphatic carbocycles. The van der Waals surface area contributed by atoms with Crippen LogP contribution in [0.3, 0.4) is 0 Å². The molecule has 3 rings (SSSR count). The molecular weight excluding hydrogens is 330 g/mol. The van der Waals surface area contributed by atoms with E-state index in [1.807, 2.05) is 37.1 Å². The first-order valence-corrected chi connectivity index (χ1v) is 9.37. The van der Waals surface area contributed by atoms with Crippen LogP contribution in [-0.2, 0) is 16.0 Å². The van der Waals surface area contributed by atoms with Gasteiger partial charge in [-0.25, -0.2) is 4.79 Å². The first kappa shape index (κ1) is 18.4. The lowest BCUT2D eigenvalue weighted by atomic mass is 9.74. The number of urea groups is 1. The minimum absolute atomic E-state index is 0.284. The molecule has 0 saturated carbocycles. The topological polar surface area (TPSA) is 69.7 Å². The fourth-order valence-corrected chi connectivity index (χ4v) is 4.03. The summed E-state index contributed by atoms with van der Waals surface area (Å²) < 4.78 is 0. The molecule has 1 fully saturated rings. The Hall–Kier alpha value is -2.37. The standard InChI is InChI=1S/C20H27N3O3/c1-4-5-6-7-10-23-18(25)20(17(24)21-19(23)26)12-15-11-14(2)8-9-16(15)22(3)13-20/h8-9,11H,4-7,10,12-13H2,1-3H3,(H,21,24,26)/t20-/m1/s1. The molecule has 0 unspecified atom stereocenters. The number of imide groups is 2. The predicted molar refractivity (Wildman–Crippen MR) is 100.0 cm³/mol. The lowest BCUT2D eigenvalue weighted by Crippen LogP contribution is -2.68. The van der Waals surface area contributed by atoms with Crippen LogP contribution in [0.4, 0.5) is 10.5 Å². The fourth-order valence-electron chi connectivity index (χ4n) is 4.03. The molecule has 1 atom stereocenters. The van der Waals surface area contributed by atoms with Crippen LogP contribution >= 0.6 is 0 Å². The van der Waals surface area contributed by atoms with E-state index in [2.05, 4.69) is 12.2 Å². The number of rotatable bonds is 5. The lowest BCUT2D eigenvalue weighted by molar-refractivity contribution is -0.151. The zero-order valence-electron chi connectivity index (χ0n) is 15.8. The van der Waals surface area contributed by atoms with E-state index >= 15 is 0 Å². The number of hydrogen-bond donors (Lipinski definition) is 1. The van der Waals surface area contributed by atoms with Crippen molar-refractivity contribution in [3.63, 3.8) is 0 Å². The number of unbranched alkanes of at least 4 members (excludes halogenated alkanes) is 3. The second-order valence-electron chi connectivity index (χ2n) is 7.52. The summed E-state index contributed by atoms with van der Waals surface area (Å²) in [6, 6.07) is 5.49. The quantitative estimate of drug-likeness (QED) is 0.650. The number of hydrogen-bond acceptors (Lipinski definition) is 4. The molecule has 2 aliphatic heterocycles. The van der Waals surface area contributed by atoms with Crippen LogP contribution in [0.5, 0.6) is 0 Å². The van der Waals surface area contributed by atoms with Gasteiger partial charge in [-0.1, -0.05) is 43.9 Å². The van der Waals surface area contributed by atoms with Crippen molar-refractivity contribution in [3.05, 3.63) is 29.3 Å². The molecule has 6 heteroatoms. The van der Waals surface area contributed by atoms with Gasteiger partial charge in [0.2, 0.25) is 11.8 Å². The van der Waals surface area contributed by atoms with E-state index < -0.39 is 17.4 Å². The lowest BCUT2D eigenvalue weighted by Gasteiger charge is -2.45. The molecule has 1 saturated heterocycles. The number of aryl methyl sites for hydroxylation is 1. The van der Waals surface area contributed by atoms with Crippen LogP contribution in [0.2, 0.25) is 0 Å². The summed E-state index contributed by atoms with van der Waals surface area (Å²) in [6.45, 7) is 4.76. The van der Waals surface area contributed by atoms with Gasteiger partial charge in [-0.05, 0) is 31.4 Å². The molecule has 0 radical (unpaired) electrons. The molecular formula is C20H27N3O3. The molecule has 26 heavy (non-hydrogen) atoms. The van der Waals surface area contributed by atoms with Crippen molar-refractivity contribution in [3.8, 4) is 0 Å². The molecule has 2 heterocycles. The van der Waals surface area contributed by atoms with Crippen molar-refractivity contribution in [2.75, 3.05) is 25.0 Å². The molecule has 0 bridgehead atoms. The maximum Gasteiger partial charge on any atom is 0.330 e. The zero-order valence-corrected chi connectivity index (χ0v) is 15.8. The Bertz CT molecular complexity index is 746. The summed E-state index contributed by atoms with van der Waals surface area (Å²) >= 11 is 0. The van der Waals surface area contributed by atoms with Gasteiger partial charge in [0.05, 0.1) is 0 Å². The summed E-state index contributed by atoms with van der Waals surface area (Å²) in [7, 11) is 1.89. The van der Waals surface area contributed by atoms with Gasteiger partial charge in [-0.15, -0.1) is 0 Å². The van der Waals surface area contributed by atoms with E-state index in [0.717, 1.165) is 42.5 Å². The van der Waals surface area contributed by atoms with Crippen molar-refractivity contribution in [2.24, 2.45) is 5.41 Å². The summed E-state index contributed by atoms with van der Waals surface area (Å²) in [5, 5.41) is 2.43. The minimum atomic E-state index is -1.23. The number of nitrogens with zero attached hydrogens (tertiary/aromatic N) is 2. The summed E-state index contributed by atoms with van der Waals surface area (Å²) in [5.74, 6) is -0.835. The van der Waals surface area contributed by atoms with E-state index in [1.165, 1.54) is 4.90 Å². The second kappa shape index (κ2) is 7.09. The third-order valence-electron chi connectivity index (χ3n) is 5.44. The van der Waals surface area contributed by atoms with Crippen molar-refractivity contribution < 1.29 is 14.4 Å². The molecule has 2 aliphatic rings. The SMILES string of the molecule is CCCCCCN1C(=O)NC(=O)[C@]2(Cc3cc(C)ccc3N(C)C2)C1=O. The number of fused-ring (bicyclic) bond motifs is 1. The first-order valence-electron chi connectivity index (χ1n) is 9.37. The smallest absolute Gasteiger partial charge is 0.330 e. The van der Waals surface area contributed by atoms with Gasteiger partial charge in [-0.2, -0.15) is 0 Å². The van der Waals surface area contributed by atoms with Gasteiger partial charge in [-0.3, -0.25) is 19.8 Å². The van der Waals surface area contributed by atoms with E-state index in [9.17, 15) is 14.4 Å². The maximum atomic E-state index is 13.2. The third-order valence-corrected chi connectivity index (χ3v) is 5.44. The van der Waals surface area contributed by atoms with Gasteiger partial charge in [0.1, 0.15) is 5.41 Å². The molecule has 4 amide bonds. The predicted octanol–water partition coefficient (Wildman–Crippen LogP) is 2.63. The van der Waals surface area contributed by atoms with Gasteiger partial charge >= 0.3 is 6.03 Å². The van der Waals surface area contributed by atoms with E-state index in [1.54, 1.807) is 0 Å². The molecule has 0 aromatic heterocycles. The van der Waals surface area contributed by atoms with Crippen LogP contribution in [0.25, 0.3) is 0 Å². The van der Waals surface area contributed by atoms with Crippen LogP contribution < -0.4 is 10.2 Å². The zero-order chi connectivity index (χ0) is 18.9. The largest absolute Gasteiger partial charge is 0.373 e. The van der Waals surface area contributed by atoms with Crippen molar-refractivity contribution in [1.82, 2.24) is 10.2 Å². The highest BCUT2D eigenvalue weighted by atomic mass is 16.2. The average molecular weight is 357 g/mol. The average Bonchev–Trinajstić information content (AvgIpc) is 2.59. The van der Waals surface area contributed by atoms with Crippen LogP contribution in [0.15, 0.2) is 18.2 Å². The van der Waals surface area contributed by atoms with Crippen LogP contribution in [0, 0.1) is 12.3 Å². The van der Waals surface area contributed by atoms with Crippen LogP contribution in [0.1, 0.15) is 43.7 Å². The normalized spacial score (nSPS) is 22.7. The highest BCUT2D eigenvalue weighted by Gasteiger charge is 2.56. The molecule has 1 N–H and O–H groups in total. The Morgan fingerprint density at radius 2 is 1.92 bits per heavy atom. The number of benzene rings is 1. The third kappa shape index (κ3) is 3.08. The Labute approximate surface area is 154 Å². The molecule has 1 aromatic rings. The highest BCUT2D eigenvalue weighted by molar-refractivity contribution is 6.20. The summed E-state index contributed by atoms with van der Waals surface area (Å²) in [4.78, 5) is 41.4. The fraction of sp³-hybridized carbons (Fsp3) is 0.550. The molecule has 140 valence electrons. The Kier molecular flexibility index (Phi) is 5.03. The Morgan fingerprint density at radius 1 is 1.15 bits per heavy atom. The van der Waals surface area contributed by atoms with Gasteiger partial charge in [0.25, 0.3) is 0 Å². The van der Waals surface area contributed by atoms with E-state index in [-0.39, 0.29) is 12.5 Å². The Morgan fingerprint density at radius 3 is 2.65 bits per heavy atom. The monoisotopic (exact) mass is 357 g/mol. The molecule has 1 aromatic carbocycles.